The van der Waals surface area contributed by atoms with Gasteiger partial charge >= 0.3 is 0 Å². The molecule has 0 bridgehead atoms. The standard InChI is InChI=1S/C10H18N4O3S/c1-6-9(7(2)14-13-6)12-10(15)8(11)4-5-18(3,16)17/h8H,4-5,11H2,1-3H3,(H,12,15)(H,13,14). The van der Waals surface area contributed by atoms with Gasteiger partial charge in [0.05, 0.1) is 28.9 Å². The first-order valence-electron chi connectivity index (χ1n) is 5.46. The van der Waals surface area contributed by atoms with E-state index in [1.54, 1.807) is 13.8 Å². The Morgan fingerprint density at radius 1 is 1.50 bits per heavy atom. The summed E-state index contributed by atoms with van der Waals surface area (Å²) in [6, 6.07) is -0.853. The second-order valence-electron chi connectivity index (χ2n) is 4.32. The van der Waals surface area contributed by atoms with E-state index in [0.717, 1.165) is 11.9 Å². The molecule has 1 rings (SSSR count). The number of nitrogens with one attached hydrogen (secondary N) is 2. The monoisotopic (exact) mass is 274 g/mol. The van der Waals surface area contributed by atoms with Gasteiger partial charge < -0.3 is 11.1 Å². The maximum atomic E-state index is 11.8. The molecule has 0 aromatic carbocycles. The zero-order valence-corrected chi connectivity index (χ0v) is 11.5. The summed E-state index contributed by atoms with van der Waals surface area (Å²) in [7, 11) is -3.11. The van der Waals surface area contributed by atoms with Gasteiger partial charge in [-0.3, -0.25) is 9.89 Å². The number of aromatic amines is 1. The molecule has 0 aliphatic carbocycles. The van der Waals surface area contributed by atoms with E-state index in [-0.39, 0.29) is 12.2 Å². The van der Waals surface area contributed by atoms with Crippen LogP contribution in [0, 0.1) is 13.8 Å². The summed E-state index contributed by atoms with van der Waals surface area (Å²) in [4.78, 5) is 11.8. The van der Waals surface area contributed by atoms with Gasteiger partial charge in [0.15, 0.2) is 0 Å². The number of hydrogen-bond donors (Lipinski definition) is 3. The van der Waals surface area contributed by atoms with Crippen molar-refractivity contribution in [2.45, 2.75) is 26.3 Å². The Morgan fingerprint density at radius 2 is 2.11 bits per heavy atom. The van der Waals surface area contributed by atoms with Crippen molar-refractivity contribution in [1.82, 2.24) is 10.2 Å². The Hall–Kier alpha value is -1.41. The molecule has 4 N–H and O–H groups in total. The molecule has 0 aliphatic heterocycles. The van der Waals surface area contributed by atoms with E-state index >= 15 is 0 Å². The number of rotatable bonds is 5. The molecule has 1 heterocycles. The molecular formula is C10H18N4O3S. The summed E-state index contributed by atoms with van der Waals surface area (Å²) in [5.74, 6) is -0.517. The van der Waals surface area contributed by atoms with Gasteiger partial charge in [-0.1, -0.05) is 0 Å². The van der Waals surface area contributed by atoms with Crippen LogP contribution < -0.4 is 11.1 Å². The highest BCUT2D eigenvalue weighted by Gasteiger charge is 2.18. The minimum absolute atomic E-state index is 0.0978. The third-order valence-electron chi connectivity index (χ3n) is 2.51. The molecular weight excluding hydrogens is 256 g/mol. The quantitative estimate of drug-likeness (QED) is 0.683. The summed E-state index contributed by atoms with van der Waals surface area (Å²) < 4.78 is 22.0. The Kier molecular flexibility index (Phi) is 4.47. The Morgan fingerprint density at radius 3 is 2.56 bits per heavy atom. The maximum absolute atomic E-state index is 11.8. The van der Waals surface area contributed by atoms with E-state index in [1.165, 1.54) is 0 Å². The van der Waals surface area contributed by atoms with Crippen LogP contribution in [-0.2, 0) is 14.6 Å². The largest absolute Gasteiger partial charge is 0.322 e. The minimum Gasteiger partial charge on any atom is -0.322 e. The van der Waals surface area contributed by atoms with Crippen LogP contribution in [0.1, 0.15) is 17.8 Å². The van der Waals surface area contributed by atoms with E-state index in [0.29, 0.717) is 11.4 Å². The molecule has 0 aliphatic rings. The average molecular weight is 274 g/mol. The lowest BCUT2D eigenvalue weighted by atomic mass is 10.2. The number of H-pyrrole nitrogens is 1. The van der Waals surface area contributed by atoms with Gasteiger partial charge in [-0.05, 0) is 20.3 Å². The number of carbonyl (C=O) groups is 1. The minimum atomic E-state index is -3.11. The summed E-state index contributed by atoms with van der Waals surface area (Å²) in [6.07, 6.45) is 1.21. The third kappa shape index (κ3) is 4.11. The van der Waals surface area contributed by atoms with E-state index in [2.05, 4.69) is 15.5 Å². The topological polar surface area (TPSA) is 118 Å². The van der Waals surface area contributed by atoms with Gasteiger partial charge in [0, 0.05) is 6.26 Å². The van der Waals surface area contributed by atoms with Crippen LogP contribution in [0.4, 0.5) is 5.69 Å². The van der Waals surface area contributed by atoms with Crippen molar-refractivity contribution in [3.8, 4) is 0 Å². The van der Waals surface area contributed by atoms with Crippen LogP contribution in [0.5, 0.6) is 0 Å². The van der Waals surface area contributed by atoms with Crippen molar-refractivity contribution in [1.29, 1.82) is 0 Å². The Labute approximate surface area is 106 Å². The Balaban J connectivity index is 2.61. The van der Waals surface area contributed by atoms with Crippen molar-refractivity contribution in [2.75, 3.05) is 17.3 Å². The smallest absolute Gasteiger partial charge is 0.241 e. The number of hydrogen-bond acceptors (Lipinski definition) is 5. The molecule has 0 saturated carbocycles. The number of aryl methyl sites for hydroxylation is 2. The number of amides is 1. The van der Waals surface area contributed by atoms with E-state index in [9.17, 15) is 13.2 Å². The molecule has 0 saturated heterocycles. The SMILES string of the molecule is Cc1n[nH]c(C)c1NC(=O)C(N)CCS(C)(=O)=O. The predicted octanol–water partition coefficient (Wildman–Crippen LogP) is -0.273. The molecule has 0 spiro atoms. The number of anilines is 1. The van der Waals surface area contributed by atoms with Crippen LogP contribution in [0.3, 0.4) is 0 Å². The molecule has 0 radical (unpaired) electrons. The normalized spacial score (nSPS) is 13.3. The van der Waals surface area contributed by atoms with Crippen LogP contribution in [0.25, 0.3) is 0 Å². The van der Waals surface area contributed by atoms with Gasteiger partial charge in [0.1, 0.15) is 9.84 Å². The molecule has 1 unspecified atom stereocenters. The van der Waals surface area contributed by atoms with E-state index in [1.807, 2.05) is 0 Å². The average Bonchev–Trinajstić information content (AvgIpc) is 2.56. The van der Waals surface area contributed by atoms with Crippen molar-refractivity contribution >= 4 is 21.4 Å². The van der Waals surface area contributed by atoms with Gasteiger partial charge in [-0.2, -0.15) is 5.10 Å². The van der Waals surface area contributed by atoms with Gasteiger partial charge in [-0.15, -0.1) is 0 Å². The van der Waals surface area contributed by atoms with Gasteiger partial charge in [-0.25, -0.2) is 8.42 Å². The molecule has 0 fully saturated rings. The summed E-state index contributed by atoms with van der Waals surface area (Å²) in [6.45, 7) is 3.53. The number of nitrogens with zero attached hydrogens (tertiary/aromatic N) is 1. The van der Waals surface area contributed by atoms with Crippen molar-refractivity contribution in [3.63, 3.8) is 0 Å². The molecule has 1 aromatic heterocycles. The zero-order chi connectivity index (χ0) is 13.9. The fourth-order valence-corrected chi connectivity index (χ4v) is 2.11. The summed E-state index contributed by atoms with van der Waals surface area (Å²) in [5, 5.41) is 9.32. The van der Waals surface area contributed by atoms with E-state index in [4.69, 9.17) is 5.73 Å². The lowest BCUT2D eigenvalue weighted by molar-refractivity contribution is -0.117. The number of sulfone groups is 1. The van der Waals surface area contributed by atoms with E-state index < -0.39 is 21.8 Å². The number of nitrogens with two attached hydrogens (primary N) is 1. The molecule has 1 atom stereocenters. The second kappa shape index (κ2) is 5.49. The second-order valence-corrected chi connectivity index (χ2v) is 6.58. The number of carbonyl (C=O) groups excluding carboxylic acids is 1. The highest BCUT2D eigenvalue weighted by atomic mass is 32.2. The fourth-order valence-electron chi connectivity index (χ4n) is 1.42. The molecule has 7 nitrogen and oxygen atoms in total. The van der Waals surface area contributed by atoms with Crippen LogP contribution in [0.2, 0.25) is 0 Å². The maximum Gasteiger partial charge on any atom is 0.241 e. The highest BCUT2D eigenvalue weighted by Crippen LogP contribution is 2.16. The lowest BCUT2D eigenvalue weighted by Crippen LogP contribution is -2.37. The van der Waals surface area contributed by atoms with Crippen molar-refractivity contribution in [2.24, 2.45) is 5.73 Å². The lowest BCUT2D eigenvalue weighted by Gasteiger charge is -2.11. The van der Waals surface area contributed by atoms with Crippen molar-refractivity contribution < 1.29 is 13.2 Å². The fraction of sp³-hybridized carbons (Fsp3) is 0.600. The summed E-state index contributed by atoms with van der Waals surface area (Å²) in [5.41, 5.74) is 7.62. The summed E-state index contributed by atoms with van der Waals surface area (Å²) >= 11 is 0. The first kappa shape index (κ1) is 14.7. The highest BCUT2D eigenvalue weighted by molar-refractivity contribution is 7.90. The molecule has 8 heteroatoms. The zero-order valence-electron chi connectivity index (χ0n) is 10.6. The molecule has 1 aromatic rings. The van der Waals surface area contributed by atoms with Gasteiger partial charge in [0.2, 0.25) is 5.91 Å². The van der Waals surface area contributed by atoms with Crippen LogP contribution in [-0.4, -0.2) is 42.6 Å². The van der Waals surface area contributed by atoms with Gasteiger partial charge in [0.25, 0.3) is 0 Å². The number of aromatic nitrogens is 2. The molecule has 102 valence electrons. The van der Waals surface area contributed by atoms with Crippen molar-refractivity contribution in [3.05, 3.63) is 11.4 Å². The first-order chi connectivity index (χ1) is 8.20. The molecule has 18 heavy (non-hydrogen) atoms. The molecule has 1 amide bonds. The van der Waals surface area contributed by atoms with Crippen LogP contribution in [0.15, 0.2) is 0 Å². The third-order valence-corrected chi connectivity index (χ3v) is 3.49. The predicted molar refractivity (Wildman–Crippen MR) is 69.0 cm³/mol. The Bertz CT molecular complexity index is 516. The first-order valence-corrected chi connectivity index (χ1v) is 7.52. The van der Waals surface area contributed by atoms with Crippen LogP contribution >= 0.6 is 0 Å².